The van der Waals surface area contributed by atoms with Crippen LogP contribution in [0.2, 0.25) is 0 Å². The number of thiazole rings is 1. The highest BCUT2D eigenvalue weighted by atomic mass is 32.1. The lowest BCUT2D eigenvalue weighted by molar-refractivity contribution is 0.524. The van der Waals surface area contributed by atoms with Crippen molar-refractivity contribution in [2.45, 2.75) is 0 Å². The number of fused-ring (bicyclic) bond motifs is 10. The molecule has 4 aromatic heterocycles. The molecule has 0 amide bonds. The zero-order valence-electron chi connectivity index (χ0n) is 26.6. The summed E-state index contributed by atoms with van der Waals surface area (Å²) in [6.45, 7) is 0. The molecule has 0 N–H and O–H groups in total. The quantitative estimate of drug-likeness (QED) is 0.189. The largest absolute Gasteiger partial charge is 0.425 e. The van der Waals surface area contributed by atoms with E-state index in [1.165, 1.54) is 32.5 Å². The third-order valence-corrected chi connectivity index (χ3v) is 10.9. The molecule has 4 nitrogen and oxygen atoms in total. The Morgan fingerprint density at radius 1 is 0.440 bits per heavy atom. The number of imidazole rings is 1. The van der Waals surface area contributed by atoms with Crippen LogP contribution in [-0.2, 0) is 0 Å². The minimum atomic E-state index is 0.550. The molecule has 0 atom stereocenters. The van der Waals surface area contributed by atoms with Gasteiger partial charge in [0.1, 0.15) is 11.2 Å². The third-order valence-electron chi connectivity index (χ3n) is 9.87. The van der Waals surface area contributed by atoms with E-state index in [1.807, 2.05) is 0 Å². The summed E-state index contributed by atoms with van der Waals surface area (Å²) in [4.78, 5) is 5.93. The number of para-hydroxylation sites is 1. The third kappa shape index (κ3) is 4.20. The Hall–Kier alpha value is -6.43. The van der Waals surface area contributed by atoms with Crippen molar-refractivity contribution >= 4 is 70.7 Å². The van der Waals surface area contributed by atoms with Crippen molar-refractivity contribution in [1.82, 2.24) is 9.38 Å². The van der Waals surface area contributed by atoms with E-state index in [9.17, 15) is 0 Å². The summed E-state index contributed by atoms with van der Waals surface area (Å²) >= 11 is 1.72. The molecule has 7 aromatic carbocycles. The first-order valence-electron chi connectivity index (χ1n) is 16.7. The fourth-order valence-electron chi connectivity index (χ4n) is 7.42. The number of benzene rings is 7. The topological polar surface area (TPSA) is 43.6 Å². The van der Waals surface area contributed by atoms with Gasteiger partial charge in [-0.2, -0.15) is 0 Å². The second kappa shape index (κ2) is 10.5. The Labute approximate surface area is 290 Å². The van der Waals surface area contributed by atoms with Crippen LogP contribution >= 0.6 is 11.3 Å². The van der Waals surface area contributed by atoms with Gasteiger partial charge in [0.05, 0.1) is 26.6 Å². The molecule has 0 fully saturated rings. The maximum Gasteiger partial charge on any atom is 0.299 e. The Morgan fingerprint density at radius 3 is 1.66 bits per heavy atom. The van der Waals surface area contributed by atoms with Crippen LogP contribution in [-0.4, -0.2) is 9.38 Å². The minimum absolute atomic E-state index is 0.550. The summed E-state index contributed by atoms with van der Waals surface area (Å²) in [5.74, 6) is 0.550. The molecule has 0 saturated heterocycles. The second-order valence-electron chi connectivity index (χ2n) is 12.8. The highest BCUT2D eigenvalue weighted by molar-refractivity contribution is 7.23. The van der Waals surface area contributed by atoms with Gasteiger partial charge >= 0.3 is 0 Å². The minimum Gasteiger partial charge on any atom is -0.425 e. The van der Waals surface area contributed by atoms with Gasteiger partial charge in [-0.1, -0.05) is 108 Å². The fraction of sp³-hybridized carbons (Fsp3) is 0. The number of aromatic nitrogens is 2. The van der Waals surface area contributed by atoms with E-state index in [-0.39, 0.29) is 0 Å². The van der Waals surface area contributed by atoms with Crippen LogP contribution in [0.4, 0.5) is 0 Å². The molecular formula is C45H26N2O2S. The summed E-state index contributed by atoms with van der Waals surface area (Å²) < 4.78 is 16.1. The first kappa shape index (κ1) is 27.5. The van der Waals surface area contributed by atoms with E-state index >= 15 is 0 Å². The van der Waals surface area contributed by atoms with E-state index in [4.69, 9.17) is 13.8 Å². The first-order chi connectivity index (χ1) is 24.7. The zero-order valence-corrected chi connectivity index (χ0v) is 27.4. The molecule has 11 aromatic rings. The Balaban J connectivity index is 1.02. The number of rotatable bonds is 4. The summed E-state index contributed by atoms with van der Waals surface area (Å²) in [5, 5.41) is 3.09. The van der Waals surface area contributed by atoms with Crippen LogP contribution in [0.25, 0.3) is 104 Å². The normalized spacial score (nSPS) is 12.0. The van der Waals surface area contributed by atoms with Crippen LogP contribution in [0.5, 0.6) is 0 Å². The molecule has 0 saturated carbocycles. The second-order valence-corrected chi connectivity index (χ2v) is 13.8. The Morgan fingerprint density at radius 2 is 0.980 bits per heavy atom. The van der Waals surface area contributed by atoms with Gasteiger partial charge < -0.3 is 8.83 Å². The first-order valence-corrected chi connectivity index (χ1v) is 17.5. The van der Waals surface area contributed by atoms with Crippen molar-refractivity contribution in [3.63, 3.8) is 0 Å². The van der Waals surface area contributed by atoms with Gasteiger partial charge in [-0.05, 0) is 105 Å². The van der Waals surface area contributed by atoms with Gasteiger partial charge in [-0.3, -0.25) is 4.40 Å². The van der Waals surface area contributed by atoms with Crippen molar-refractivity contribution in [3.8, 4) is 44.5 Å². The monoisotopic (exact) mass is 658 g/mol. The maximum absolute atomic E-state index is 6.27. The molecule has 0 unspecified atom stereocenters. The predicted molar refractivity (Wildman–Crippen MR) is 207 cm³/mol. The molecule has 0 aliphatic rings. The summed E-state index contributed by atoms with van der Waals surface area (Å²) in [6.07, 6.45) is 0. The number of nitrogens with zero attached hydrogens (tertiary/aromatic N) is 2. The molecule has 50 heavy (non-hydrogen) atoms. The average molecular weight is 659 g/mol. The lowest BCUT2D eigenvalue weighted by atomic mass is 9.95. The number of hydrogen-bond acceptors (Lipinski definition) is 4. The molecule has 5 heteroatoms. The van der Waals surface area contributed by atoms with Gasteiger partial charge in [0, 0.05) is 10.8 Å². The molecule has 11 rings (SSSR count). The summed E-state index contributed by atoms with van der Waals surface area (Å²) in [7, 11) is 0. The van der Waals surface area contributed by atoms with Crippen LogP contribution in [0.15, 0.2) is 167 Å². The standard InChI is InChI=1S/C45H26N2O2S/c1-2-8-27(9-3-1)28-10-6-11-29(22-28)30-12-7-13-31(23-30)32-17-20-40-35(24-32)43-36-25-33(18-21-41(36)49-44(43)48-40)34-16-19-37-39(26-34)47-38-14-4-5-15-42(38)50-45(47)46-37/h1-26H. The van der Waals surface area contributed by atoms with Gasteiger partial charge in [-0.15, -0.1) is 0 Å². The van der Waals surface area contributed by atoms with Gasteiger partial charge in [0.15, 0.2) is 4.96 Å². The van der Waals surface area contributed by atoms with Crippen LogP contribution in [0.1, 0.15) is 0 Å². The van der Waals surface area contributed by atoms with Crippen LogP contribution in [0.3, 0.4) is 0 Å². The summed E-state index contributed by atoms with van der Waals surface area (Å²) in [6, 6.07) is 55.9. The van der Waals surface area contributed by atoms with Crippen molar-refractivity contribution in [2.24, 2.45) is 0 Å². The van der Waals surface area contributed by atoms with Crippen LogP contribution < -0.4 is 0 Å². The smallest absolute Gasteiger partial charge is 0.299 e. The zero-order chi connectivity index (χ0) is 32.8. The molecule has 0 radical (unpaired) electrons. The molecule has 0 aliphatic heterocycles. The van der Waals surface area contributed by atoms with Crippen molar-refractivity contribution < 1.29 is 8.83 Å². The van der Waals surface area contributed by atoms with E-state index in [2.05, 4.69) is 162 Å². The van der Waals surface area contributed by atoms with Gasteiger partial charge in [0.2, 0.25) is 0 Å². The predicted octanol–water partition coefficient (Wildman–Crippen LogP) is 13.0. The molecule has 0 bridgehead atoms. The molecule has 4 heterocycles. The highest BCUT2D eigenvalue weighted by Gasteiger charge is 2.18. The maximum atomic E-state index is 6.27. The van der Waals surface area contributed by atoms with E-state index in [1.54, 1.807) is 11.3 Å². The number of hydrogen-bond donors (Lipinski definition) is 0. The lowest BCUT2D eigenvalue weighted by Gasteiger charge is -2.09. The van der Waals surface area contributed by atoms with Crippen molar-refractivity contribution in [3.05, 3.63) is 158 Å². The molecular weight excluding hydrogens is 633 g/mol. The van der Waals surface area contributed by atoms with Gasteiger partial charge in [0.25, 0.3) is 5.78 Å². The number of furan rings is 2. The van der Waals surface area contributed by atoms with E-state index in [0.717, 1.165) is 65.6 Å². The van der Waals surface area contributed by atoms with E-state index in [0.29, 0.717) is 5.78 Å². The van der Waals surface area contributed by atoms with Crippen molar-refractivity contribution in [2.75, 3.05) is 0 Å². The van der Waals surface area contributed by atoms with Gasteiger partial charge in [-0.25, -0.2) is 4.98 Å². The summed E-state index contributed by atoms with van der Waals surface area (Å²) in [5.41, 5.74) is 14.2. The van der Waals surface area contributed by atoms with Crippen molar-refractivity contribution in [1.29, 1.82) is 0 Å². The highest BCUT2D eigenvalue weighted by Crippen LogP contribution is 2.41. The molecule has 234 valence electrons. The average Bonchev–Trinajstić information content (AvgIpc) is 3.92. The Bertz CT molecular complexity index is 3110. The van der Waals surface area contributed by atoms with E-state index < -0.39 is 0 Å². The Kier molecular flexibility index (Phi) is 5.80. The van der Waals surface area contributed by atoms with Crippen LogP contribution in [0, 0.1) is 0 Å². The fourth-order valence-corrected chi connectivity index (χ4v) is 8.46. The lowest BCUT2D eigenvalue weighted by Crippen LogP contribution is -1.84. The SMILES string of the molecule is c1ccc(-c2cccc(-c3cccc(-c4ccc5oc6oc7ccc(-c8ccc9nc%10sc%11ccccc%11n%10c9c8)cc7c6c5c4)c3)c2)cc1. The molecule has 0 aliphatic carbocycles. The molecule has 0 spiro atoms.